The van der Waals surface area contributed by atoms with Crippen molar-refractivity contribution in [3.8, 4) is 70.9 Å². The smallest absolute Gasteiger partial charge is 0.428 e. The topological polar surface area (TPSA) is 149 Å². The molecule has 0 amide bonds. The van der Waals surface area contributed by atoms with Gasteiger partial charge in [-0.15, -0.1) is 6.42 Å². The molecule has 0 radical (unpaired) electrons. The van der Waals surface area contributed by atoms with Crippen LogP contribution in [0, 0.1) is 128 Å². The number of terminal acetylenes is 1. The Kier molecular flexibility index (Phi) is 30.5. The van der Waals surface area contributed by atoms with Gasteiger partial charge in [0.25, 0.3) is 0 Å². The van der Waals surface area contributed by atoms with E-state index in [1.165, 1.54) is 44.5 Å². The van der Waals surface area contributed by atoms with Crippen LogP contribution in [0.25, 0.3) is 0 Å². The van der Waals surface area contributed by atoms with E-state index in [-0.39, 0.29) is 0 Å². The van der Waals surface area contributed by atoms with Crippen molar-refractivity contribution in [1.82, 2.24) is 0 Å². The fourth-order valence-corrected chi connectivity index (χ4v) is 12.2. The zero-order valence-electron chi connectivity index (χ0n) is 69.3. The van der Waals surface area contributed by atoms with E-state index in [2.05, 4.69) is 213 Å². The van der Waals surface area contributed by atoms with E-state index in [0.717, 1.165) is 72.7 Å². The van der Waals surface area contributed by atoms with E-state index in [0.29, 0.717) is 45.3 Å². The number of hydrogen-bond acceptors (Lipinski definition) is 14. The minimum Gasteiger partial charge on any atom is -0.428 e. The average molecular weight is 1880 g/mol. The molecular weight excluding hydrogens is 1780 g/mol. The lowest BCUT2D eigenvalue weighted by molar-refractivity contribution is 0.0192. The number of carbonyl (C=O) groups excluding carboxylic acids is 4. The fourth-order valence-electron chi connectivity index (χ4n) is 11.2. The first kappa shape index (κ1) is 89.9. The van der Waals surface area contributed by atoms with Crippen LogP contribution in [0.4, 0.5) is 53.3 Å². The number of carbonyl (C=O) groups is 4. The fraction of sp³-hybridized carbons (Fsp3) is 0.265. The quantitative estimate of drug-likeness (QED) is 0.0420. The Morgan fingerprint density at radius 1 is 0.270 bits per heavy atom. The van der Waals surface area contributed by atoms with Gasteiger partial charge in [-0.2, -0.15) is 0 Å². The maximum Gasteiger partial charge on any atom is 0.514 e. The molecule has 0 spiro atoms. The van der Waals surface area contributed by atoms with Crippen molar-refractivity contribution in [1.29, 1.82) is 0 Å². The summed E-state index contributed by atoms with van der Waals surface area (Å²) in [6, 6.07) is 59.8. The Morgan fingerprint density at radius 3 is 0.678 bits per heavy atom. The summed E-state index contributed by atoms with van der Waals surface area (Å²) in [5.74, 6) is 23.3. The van der Waals surface area contributed by atoms with Gasteiger partial charge in [-0.1, -0.05) is 65.7 Å². The van der Waals surface area contributed by atoms with E-state index in [9.17, 15) is 19.2 Å². The highest BCUT2D eigenvalue weighted by molar-refractivity contribution is 14.1. The third-order valence-electron chi connectivity index (χ3n) is 16.6. The molecule has 0 aliphatic carbocycles. The van der Waals surface area contributed by atoms with Crippen molar-refractivity contribution >= 4 is 127 Å². The van der Waals surface area contributed by atoms with Crippen LogP contribution < -0.4 is 28.7 Å². The molecule has 0 fully saturated rings. The van der Waals surface area contributed by atoms with Crippen LogP contribution in [0.2, 0.25) is 0 Å². The highest BCUT2D eigenvalue weighted by Gasteiger charge is 2.25. The van der Waals surface area contributed by atoms with Crippen LogP contribution in [0.5, 0.6) is 23.0 Å². The number of rotatable bonds is 10. The summed E-state index contributed by atoms with van der Waals surface area (Å²) in [5, 5.41) is 0. The maximum absolute atomic E-state index is 12.6. The molecule has 0 saturated carbocycles. The molecule has 14 nitrogen and oxygen atoms in total. The lowest BCUT2D eigenvalue weighted by Crippen LogP contribution is -2.26. The molecule has 592 valence electrons. The highest BCUT2D eigenvalue weighted by Crippen LogP contribution is 2.40. The summed E-state index contributed by atoms with van der Waals surface area (Å²) in [7, 11) is 0. The zero-order valence-corrected chi connectivity index (χ0v) is 75.8. The van der Waals surface area contributed by atoms with Crippen LogP contribution in [0.3, 0.4) is 0 Å². The molecule has 0 atom stereocenters. The molecule has 10 aromatic rings. The van der Waals surface area contributed by atoms with E-state index in [1.54, 1.807) is 113 Å². The lowest BCUT2D eigenvalue weighted by atomic mass is 10.0. The molecule has 0 N–H and O–H groups in total. The minimum atomic E-state index is -0.804. The number of aryl methyl sites for hydroxylation is 10. The molecule has 115 heavy (non-hydrogen) atoms. The van der Waals surface area contributed by atoms with E-state index in [4.69, 9.17) is 44.3 Å². The summed E-state index contributed by atoms with van der Waals surface area (Å²) in [6.07, 6.45) is 2.18. The minimum absolute atomic E-state index is 0.307. The Bertz CT molecular complexity index is 5100. The number of ether oxygens (including phenoxy) is 8. The van der Waals surface area contributed by atoms with Crippen LogP contribution in [-0.2, 0) is 18.9 Å². The number of hydrogen-bond donors (Lipinski definition) is 0. The molecule has 17 heteroatoms. The number of benzene rings is 10. The average Bonchev–Trinajstić information content (AvgIpc) is 0.787. The van der Waals surface area contributed by atoms with Gasteiger partial charge in [0, 0.05) is 61.5 Å². The van der Waals surface area contributed by atoms with Crippen LogP contribution in [0.1, 0.15) is 178 Å². The number of nitrogens with zero attached hydrogens (tertiary/aromatic N) is 2. The predicted octanol–water partition coefficient (Wildman–Crippen LogP) is 26.3. The van der Waals surface area contributed by atoms with Crippen molar-refractivity contribution in [2.75, 3.05) is 9.80 Å². The molecule has 0 aromatic heterocycles. The van der Waals surface area contributed by atoms with Crippen molar-refractivity contribution < 1.29 is 57.1 Å². The second kappa shape index (κ2) is 39.1. The SMILES string of the molecule is C#Cc1cc(C)ccc1OC(=O)OC(C)(C)C.Cc1cc(N(c2ccc(I)c(C)c2)c2ccc(I)c(C)c2)ccc1I.Cc1ccc(OC(=O)OC(C)(C)C)c(C#Cc2ccc(N(c3ccc(C#Cc4cc(C)ccc4OC(=O)OC(C)(C)C)c(C)c3)c3ccc(C#Cc4cc(C)ccc4OC(=O)OC(C)(C)C)c(C)c3)cc2C)c1. The van der Waals surface area contributed by atoms with E-state index in [1.807, 2.05) is 127 Å². The first-order valence-electron chi connectivity index (χ1n) is 37.2. The van der Waals surface area contributed by atoms with Gasteiger partial charge >= 0.3 is 24.6 Å². The molecule has 0 saturated heterocycles. The van der Waals surface area contributed by atoms with Gasteiger partial charge in [0.1, 0.15) is 45.4 Å². The Balaban J connectivity index is 0.000000316. The third-order valence-corrected chi connectivity index (χ3v) is 20.3. The first-order chi connectivity index (χ1) is 53.9. The van der Waals surface area contributed by atoms with E-state index < -0.39 is 47.0 Å². The maximum atomic E-state index is 12.6. The molecule has 0 heterocycles. The summed E-state index contributed by atoms with van der Waals surface area (Å²) < 4.78 is 47.0. The monoisotopic (exact) mass is 1870 g/mol. The van der Waals surface area contributed by atoms with Gasteiger partial charge in [-0.3, -0.25) is 0 Å². The van der Waals surface area contributed by atoms with Gasteiger partial charge < -0.3 is 47.7 Å². The molecule has 0 bridgehead atoms. The Labute approximate surface area is 720 Å². The molecule has 0 aliphatic heterocycles. The van der Waals surface area contributed by atoms with Crippen molar-refractivity contribution in [3.63, 3.8) is 0 Å². The van der Waals surface area contributed by atoms with Crippen molar-refractivity contribution in [2.45, 2.75) is 175 Å². The second-order valence-corrected chi connectivity index (χ2v) is 35.1. The van der Waals surface area contributed by atoms with Crippen LogP contribution in [0.15, 0.2) is 182 Å². The molecule has 10 rings (SSSR count). The summed E-state index contributed by atoms with van der Waals surface area (Å²) in [6.45, 7) is 41.6. The van der Waals surface area contributed by atoms with Gasteiger partial charge in [0.2, 0.25) is 0 Å². The summed E-state index contributed by atoms with van der Waals surface area (Å²) >= 11 is 7.18. The molecule has 0 unspecified atom stereocenters. The summed E-state index contributed by atoms with van der Waals surface area (Å²) in [4.78, 5) is 53.8. The molecular formula is C98H97I3N2O12. The number of anilines is 6. The van der Waals surface area contributed by atoms with Gasteiger partial charge in [0.15, 0.2) is 0 Å². The molecule has 10 aromatic carbocycles. The Morgan fingerprint density at radius 2 is 0.470 bits per heavy atom. The number of halogens is 3. The standard InChI is InChI=1S/C63H63NO9.C21H18I3N.C14H16O3/c1-40-16-31-55(68-58(65)71-61(7,8)9)49(34-40)22-19-46-25-28-52(37-43(46)4)64(53-29-26-47(44(5)38-53)20-23-50-35-41(2)17-32-56(50)69-59(66)72-62(10,11)12)54-30-27-48(45(6)39-54)21-24-51-36-42(3)18-33-57(51)70-60(67)73-63(13,14)15;1-13-10-16(4-7-19(13)22)25(17-5-8-20(23)14(2)11-17)18-6-9-21(24)15(3)12-18;1-6-11-9-10(2)7-8-12(11)16-13(15)17-14(3,4)5/h16-18,25-39H,1-15H3;4-12H,1-3H3;1,7-9H,2-5H3. The largest absolute Gasteiger partial charge is 0.514 e. The molecule has 0 aliphatic rings. The third kappa shape index (κ3) is 27.5. The van der Waals surface area contributed by atoms with Crippen molar-refractivity contribution in [2.24, 2.45) is 0 Å². The van der Waals surface area contributed by atoms with E-state index >= 15 is 0 Å². The van der Waals surface area contributed by atoms with Gasteiger partial charge in [-0.25, -0.2) is 19.2 Å². The summed E-state index contributed by atoms with van der Waals surface area (Å²) in [5.41, 5.74) is 18.6. The Hall–Kier alpha value is -10.7. The zero-order chi connectivity index (χ0) is 84.6. The van der Waals surface area contributed by atoms with Gasteiger partial charge in [-0.05, 0) is 433 Å². The first-order valence-corrected chi connectivity index (χ1v) is 40.4. The van der Waals surface area contributed by atoms with Crippen LogP contribution >= 0.6 is 67.8 Å². The van der Waals surface area contributed by atoms with Crippen LogP contribution in [-0.4, -0.2) is 47.0 Å². The highest BCUT2D eigenvalue weighted by atomic mass is 127. The predicted molar refractivity (Wildman–Crippen MR) is 487 cm³/mol. The van der Waals surface area contributed by atoms with Crippen molar-refractivity contribution in [3.05, 3.63) is 287 Å². The lowest BCUT2D eigenvalue weighted by Gasteiger charge is -2.27. The second-order valence-electron chi connectivity index (χ2n) is 31.6. The van der Waals surface area contributed by atoms with Gasteiger partial charge in [0.05, 0.1) is 22.3 Å². The normalized spacial score (nSPS) is 10.9.